The van der Waals surface area contributed by atoms with Gasteiger partial charge in [0.15, 0.2) is 4.34 Å². The monoisotopic (exact) mass is 319 g/mol. The van der Waals surface area contributed by atoms with E-state index in [0.717, 1.165) is 38.4 Å². The number of nitrogens with one attached hydrogen (secondary N) is 1. The largest absolute Gasteiger partial charge is 0.459 e. The Balaban J connectivity index is 1.76. The van der Waals surface area contributed by atoms with Crippen molar-refractivity contribution in [2.24, 2.45) is 0 Å². The second-order valence-corrected chi connectivity index (χ2v) is 7.14. The minimum absolute atomic E-state index is 0.177. The third kappa shape index (κ3) is 3.45. The van der Waals surface area contributed by atoms with Crippen molar-refractivity contribution in [2.45, 2.75) is 24.2 Å². The molecule has 110 valence electrons. The van der Waals surface area contributed by atoms with E-state index in [0.29, 0.717) is 0 Å². The Hall–Kier alpha value is -1.37. The number of benzene rings is 1. The number of rotatable bonds is 6. The van der Waals surface area contributed by atoms with Crippen molar-refractivity contribution in [3.05, 3.63) is 41.1 Å². The maximum atomic E-state index is 5.97. The summed E-state index contributed by atoms with van der Waals surface area (Å²) in [5.41, 5.74) is 0.937. The minimum atomic E-state index is 0.177. The molecular formula is C15H17N3OS2. The van der Waals surface area contributed by atoms with Gasteiger partial charge < -0.3 is 9.73 Å². The lowest BCUT2D eigenvalue weighted by Crippen LogP contribution is -2.22. The molecule has 1 atom stereocenters. The summed E-state index contributed by atoms with van der Waals surface area (Å²) in [5.74, 6) is 1.86. The molecule has 4 nitrogen and oxygen atoms in total. The summed E-state index contributed by atoms with van der Waals surface area (Å²) < 4.78 is 6.97. The van der Waals surface area contributed by atoms with Gasteiger partial charge in [-0.1, -0.05) is 48.2 Å². The van der Waals surface area contributed by atoms with Crippen LogP contribution in [0.5, 0.6) is 0 Å². The third-order valence-corrected chi connectivity index (χ3v) is 5.18. The van der Waals surface area contributed by atoms with Crippen LogP contribution in [0.1, 0.15) is 23.7 Å². The number of nitrogens with zero attached hydrogens (tertiary/aromatic N) is 2. The highest BCUT2D eigenvalue weighted by Crippen LogP contribution is 2.30. The molecular weight excluding hydrogens is 302 g/mol. The maximum absolute atomic E-state index is 5.97. The van der Waals surface area contributed by atoms with Gasteiger partial charge in [-0.05, 0) is 25.6 Å². The van der Waals surface area contributed by atoms with Crippen molar-refractivity contribution >= 4 is 34.1 Å². The zero-order chi connectivity index (χ0) is 14.7. The molecule has 0 spiro atoms. The molecule has 3 rings (SSSR count). The summed E-state index contributed by atoms with van der Waals surface area (Å²) in [4.78, 5) is 0. The molecule has 0 saturated heterocycles. The Morgan fingerprint density at radius 2 is 2.19 bits per heavy atom. The van der Waals surface area contributed by atoms with Gasteiger partial charge in [-0.15, -0.1) is 10.2 Å². The number of hydrogen-bond donors (Lipinski definition) is 1. The van der Waals surface area contributed by atoms with Crippen LogP contribution in [0.4, 0.5) is 0 Å². The van der Waals surface area contributed by atoms with Crippen LogP contribution < -0.4 is 5.32 Å². The fourth-order valence-electron chi connectivity index (χ4n) is 2.15. The van der Waals surface area contributed by atoms with Crippen molar-refractivity contribution < 1.29 is 4.42 Å². The lowest BCUT2D eigenvalue weighted by atomic mass is 10.2. The van der Waals surface area contributed by atoms with Gasteiger partial charge in [0.05, 0.1) is 6.04 Å². The predicted octanol–water partition coefficient (Wildman–Crippen LogP) is 4.04. The molecule has 6 heteroatoms. The van der Waals surface area contributed by atoms with Gasteiger partial charge in [-0.25, -0.2) is 0 Å². The minimum Gasteiger partial charge on any atom is -0.459 e. The van der Waals surface area contributed by atoms with Crippen molar-refractivity contribution in [1.82, 2.24) is 15.5 Å². The number of thioether (sulfide) groups is 1. The van der Waals surface area contributed by atoms with Crippen LogP contribution in [0.15, 0.2) is 39.1 Å². The second kappa shape index (κ2) is 6.60. The van der Waals surface area contributed by atoms with E-state index < -0.39 is 0 Å². The first-order chi connectivity index (χ1) is 10.3. The van der Waals surface area contributed by atoms with Crippen LogP contribution in [0.2, 0.25) is 0 Å². The van der Waals surface area contributed by atoms with Crippen LogP contribution in [0, 0.1) is 6.92 Å². The van der Waals surface area contributed by atoms with Crippen molar-refractivity contribution in [3.63, 3.8) is 0 Å². The Kier molecular flexibility index (Phi) is 4.57. The molecule has 2 heterocycles. The SMILES string of the molecule is CCNC(CSc1nnc(C)s1)c1cc2ccccc2o1. The van der Waals surface area contributed by atoms with Crippen molar-refractivity contribution in [2.75, 3.05) is 12.3 Å². The van der Waals surface area contributed by atoms with E-state index in [2.05, 4.69) is 34.6 Å². The molecule has 1 N–H and O–H groups in total. The zero-order valence-electron chi connectivity index (χ0n) is 12.0. The van der Waals surface area contributed by atoms with E-state index in [9.17, 15) is 0 Å². The molecule has 0 aliphatic carbocycles. The van der Waals surface area contributed by atoms with E-state index in [1.807, 2.05) is 25.1 Å². The highest BCUT2D eigenvalue weighted by atomic mass is 32.2. The first-order valence-electron chi connectivity index (χ1n) is 6.91. The summed E-state index contributed by atoms with van der Waals surface area (Å²) in [7, 11) is 0. The van der Waals surface area contributed by atoms with Gasteiger partial charge in [0.25, 0.3) is 0 Å². The normalized spacial score (nSPS) is 12.9. The molecule has 0 fully saturated rings. The van der Waals surface area contributed by atoms with E-state index in [-0.39, 0.29) is 6.04 Å². The standard InChI is InChI=1S/C15H17N3OS2/c1-3-16-12(9-20-15-18-17-10(2)21-15)14-8-11-6-4-5-7-13(11)19-14/h4-8,12,16H,3,9H2,1-2H3. The van der Waals surface area contributed by atoms with Gasteiger partial charge >= 0.3 is 0 Å². The average molecular weight is 319 g/mol. The molecule has 3 aromatic rings. The Bertz CT molecular complexity index is 689. The summed E-state index contributed by atoms with van der Waals surface area (Å²) in [5, 5.41) is 13.8. The number of hydrogen-bond acceptors (Lipinski definition) is 6. The smallest absolute Gasteiger partial charge is 0.174 e. The lowest BCUT2D eigenvalue weighted by molar-refractivity contribution is 0.464. The molecule has 0 bridgehead atoms. The van der Waals surface area contributed by atoms with Crippen molar-refractivity contribution in [3.8, 4) is 0 Å². The van der Waals surface area contributed by atoms with Gasteiger partial charge in [0.2, 0.25) is 0 Å². The molecule has 0 radical (unpaired) electrons. The highest BCUT2D eigenvalue weighted by Gasteiger charge is 2.16. The van der Waals surface area contributed by atoms with Gasteiger partial charge in [-0.2, -0.15) is 0 Å². The number of furan rings is 1. The number of aromatic nitrogens is 2. The summed E-state index contributed by atoms with van der Waals surface area (Å²) >= 11 is 3.35. The van der Waals surface area contributed by atoms with Gasteiger partial charge in [-0.3, -0.25) is 0 Å². The topological polar surface area (TPSA) is 51.0 Å². The number of aryl methyl sites for hydroxylation is 1. The molecule has 0 aliphatic heterocycles. The van der Waals surface area contributed by atoms with E-state index in [4.69, 9.17) is 4.42 Å². The Labute approximate surface area is 132 Å². The molecule has 0 amide bonds. The first-order valence-corrected chi connectivity index (χ1v) is 8.71. The van der Waals surface area contributed by atoms with Crippen LogP contribution in [0.25, 0.3) is 11.0 Å². The maximum Gasteiger partial charge on any atom is 0.174 e. The fourth-order valence-corrected chi connectivity index (χ4v) is 4.06. The zero-order valence-corrected chi connectivity index (χ0v) is 13.6. The molecule has 1 aromatic carbocycles. The molecule has 1 unspecified atom stereocenters. The van der Waals surface area contributed by atoms with Crippen molar-refractivity contribution in [1.29, 1.82) is 0 Å². The average Bonchev–Trinajstić information content (AvgIpc) is 3.09. The van der Waals surface area contributed by atoms with E-state index >= 15 is 0 Å². The van der Waals surface area contributed by atoms with Gasteiger partial charge in [0.1, 0.15) is 16.4 Å². The van der Waals surface area contributed by atoms with Gasteiger partial charge in [0, 0.05) is 11.1 Å². The molecule has 0 aliphatic rings. The van der Waals surface area contributed by atoms with Crippen LogP contribution in [-0.2, 0) is 0 Å². The number of para-hydroxylation sites is 1. The summed E-state index contributed by atoms with van der Waals surface area (Å²) in [6.45, 7) is 4.98. The second-order valence-electron chi connectivity index (χ2n) is 4.69. The van der Waals surface area contributed by atoms with Crippen LogP contribution in [-0.4, -0.2) is 22.5 Å². The first kappa shape index (κ1) is 14.6. The molecule has 21 heavy (non-hydrogen) atoms. The van der Waals surface area contributed by atoms with E-state index in [1.165, 1.54) is 0 Å². The van der Waals surface area contributed by atoms with Crippen LogP contribution >= 0.6 is 23.1 Å². The number of fused-ring (bicyclic) bond motifs is 1. The highest BCUT2D eigenvalue weighted by molar-refractivity contribution is 8.01. The summed E-state index contributed by atoms with van der Waals surface area (Å²) in [6, 6.07) is 10.4. The fraction of sp³-hybridized carbons (Fsp3) is 0.333. The lowest BCUT2D eigenvalue weighted by Gasteiger charge is -2.13. The Morgan fingerprint density at radius 3 is 2.90 bits per heavy atom. The molecule has 2 aromatic heterocycles. The third-order valence-electron chi connectivity index (χ3n) is 3.12. The van der Waals surface area contributed by atoms with E-state index in [1.54, 1.807) is 23.1 Å². The Morgan fingerprint density at radius 1 is 1.33 bits per heavy atom. The predicted molar refractivity (Wildman–Crippen MR) is 88.0 cm³/mol. The molecule has 0 saturated carbocycles. The summed E-state index contributed by atoms with van der Waals surface area (Å²) in [6.07, 6.45) is 0. The van der Waals surface area contributed by atoms with Crippen LogP contribution in [0.3, 0.4) is 0 Å². The quantitative estimate of drug-likeness (QED) is 0.695.